The second-order valence-electron chi connectivity index (χ2n) is 5.48. The lowest BCUT2D eigenvalue weighted by molar-refractivity contribution is -0.117. The van der Waals surface area contributed by atoms with Crippen molar-refractivity contribution in [2.24, 2.45) is 0 Å². The zero-order valence-electron chi connectivity index (χ0n) is 13.5. The number of carbonyl (C=O) groups is 1. The van der Waals surface area contributed by atoms with Crippen molar-refractivity contribution in [2.75, 3.05) is 46.2 Å². The Morgan fingerprint density at radius 3 is 2.77 bits per heavy atom. The van der Waals surface area contributed by atoms with Crippen LogP contribution >= 0.6 is 0 Å². The van der Waals surface area contributed by atoms with E-state index in [0.717, 1.165) is 19.5 Å². The minimum atomic E-state index is -0.0102. The van der Waals surface area contributed by atoms with E-state index in [4.69, 9.17) is 9.47 Å². The number of piperidine rings is 1. The van der Waals surface area contributed by atoms with Crippen molar-refractivity contribution in [3.8, 4) is 11.5 Å². The van der Waals surface area contributed by atoms with E-state index in [9.17, 15) is 4.79 Å². The molecular formula is C16H25N3O3. The van der Waals surface area contributed by atoms with Crippen LogP contribution in [0.4, 0.5) is 5.69 Å². The molecule has 0 bridgehead atoms. The van der Waals surface area contributed by atoms with Crippen LogP contribution in [-0.2, 0) is 4.79 Å². The van der Waals surface area contributed by atoms with Crippen molar-refractivity contribution in [1.82, 2.24) is 10.2 Å². The standard InChI is InChI=1S/C16H25N3O3/c1-17-13-5-4-8-19(10-13)11-16(20)18-12-6-7-14(21-2)15(9-12)22-3/h6-7,9,13,17H,4-5,8,10-11H2,1-3H3,(H,18,20). The highest BCUT2D eigenvalue weighted by Crippen LogP contribution is 2.29. The van der Waals surface area contributed by atoms with Crippen molar-refractivity contribution in [3.05, 3.63) is 18.2 Å². The molecule has 122 valence electrons. The number of likely N-dealkylation sites (N-methyl/N-ethyl adjacent to an activating group) is 1. The van der Waals surface area contributed by atoms with Gasteiger partial charge in [0.05, 0.1) is 20.8 Å². The molecule has 0 radical (unpaired) electrons. The number of amides is 1. The molecule has 1 aromatic rings. The van der Waals surface area contributed by atoms with Gasteiger partial charge in [0.15, 0.2) is 11.5 Å². The summed E-state index contributed by atoms with van der Waals surface area (Å²) in [5.74, 6) is 1.24. The zero-order chi connectivity index (χ0) is 15.9. The number of likely N-dealkylation sites (tertiary alicyclic amines) is 1. The van der Waals surface area contributed by atoms with Gasteiger partial charge < -0.3 is 20.1 Å². The van der Waals surface area contributed by atoms with E-state index in [1.807, 2.05) is 13.1 Å². The first kappa shape index (κ1) is 16.6. The Kier molecular flexibility index (Phi) is 6.03. The largest absolute Gasteiger partial charge is 0.493 e. The summed E-state index contributed by atoms with van der Waals surface area (Å²) < 4.78 is 10.4. The molecule has 22 heavy (non-hydrogen) atoms. The Balaban J connectivity index is 1.91. The quantitative estimate of drug-likeness (QED) is 0.830. The van der Waals surface area contributed by atoms with Crippen LogP contribution in [0.5, 0.6) is 11.5 Å². The number of nitrogens with zero attached hydrogens (tertiary/aromatic N) is 1. The molecule has 1 saturated heterocycles. The average molecular weight is 307 g/mol. The molecule has 1 aliphatic rings. The molecule has 1 fully saturated rings. The summed E-state index contributed by atoms with van der Waals surface area (Å²) in [5, 5.41) is 6.19. The van der Waals surface area contributed by atoms with E-state index < -0.39 is 0 Å². The predicted molar refractivity (Wildman–Crippen MR) is 86.7 cm³/mol. The first-order chi connectivity index (χ1) is 10.7. The monoisotopic (exact) mass is 307 g/mol. The van der Waals surface area contributed by atoms with E-state index in [-0.39, 0.29) is 5.91 Å². The highest BCUT2D eigenvalue weighted by atomic mass is 16.5. The summed E-state index contributed by atoms with van der Waals surface area (Å²) in [4.78, 5) is 14.4. The van der Waals surface area contributed by atoms with E-state index in [1.54, 1.807) is 26.4 Å². The van der Waals surface area contributed by atoms with Crippen molar-refractivity contribution in [2.45, 2.75) is 18.9 Å². The van der Waals surface area contributed by atoms with Gasteiger partial charge in [-0.1, -0.05) is 0 Å². The summed E-state index contributed by atoms with van der Waals surface area (Å²) >= 11 is 0. The minimum absolute atomic E-state index is 0.0102. The number of nitrogens with one attached hydrogen (secondary N) is 2. The number of carbonyl (C=O) groups excluding carboxylic acids is 1. The SMILES string of the molecule is CNC1CCCN(CC(=O)Nc2ccc(OC)c(OC)c2)C1. The maximum atomic E-state index is 12.2. The lowest BCUT2D eigenvalue weighted by atomic mass is 10.1. The van der Waals surface area contributed by atoms with E-state index in [1.165, 1.54) is 6.42 Å². The Bertz CT molecular complexity index is 507. The van der Waals surface area contributed by atoms with Crippen LogP contribution in [-0.4, -0.2) is 57.8 Å². The first-order valence-corrected chi connectivity index (χ1v) is 7.57. The Morgan fingerprint density at radius 1 is 1.32 bits per heavy atom. The van der Waals surface area contributed by atoms with E-state index in [2.05, 4.69) is 15.5 Å². The molecule has 6 nitrogen and oxygen atoms in total. The first-order valence-electron chi connectivity index (χ1n) is 7.57. The fourth-order valence-corrected chi connectivity index (χ4v) is 2.75. The van der Waals surface area contributed by atoms with Crippen molar-refractivity contribution in [3.63, 3.8) is 0 Å². The van der Waals surface area contributed by atoms with Crippen LogP contribution in [0.15, 0.2) is 18.2 Å². The summed E-state index contributed by atoms with van der Waals surface area (Å²) in [6.45, 7) is 2.29. The number of rotatable bonds is 6. The molecule has 1 atom stereocenters. The number of anilines is 1. The van der Waals surface area contributed by atoms with Crippen molar-refractivity contribution < 1.29 is 14.3 Å². The second-order valence-corrected chi connectivity index (χ2v) is 5.48. The number of hydrogen-bond acceptors (Lipinski definition) is 5. The summed E-state index contributed by atoms with van der Waals surface area (Å²) in [6, 6.07) is 5.84. The average Bonchev–Trinajstić information content (AvgIpc) is 2.54. The van der Waals surface area contributed by atoms with Crippen molar-refractivity contribution in [1.29, 1.82) is 0 Å². The Labute approximate surface area is 131 Å². The minimum Gasteiger partial charge on any atom is -0.493 e. The molecule has 0 spiro atoms. The molecule has 0 aliphatic carbocycles. The maximum Gasteiger partial charge on any atom is 0.238 e. The molecule has 1 aromatic carbocycles. The van der Waals surface area contributed by atoms with Gasteiger partial charge in [0.2, 0.25) is 5.91 Å². The molecule has 1 unspecified atom stereocenters. The highest BCUT2D eigenvalue weighted by molar-refractivity contribution is 5.92. The molecule has 0 saturated carbocycles. The molecule has 1 amide bonds. The maximum absolute atomic E-state index is 12.2. The number of hydrogen-bond donors (Lipinski definition) is 2. The van der Waals surface area contributed by atoms with E-state index in [0.29, 0.717) is 29.8 Å². The van der Waals surface area contributed by atoms with Gasteiger partial charge in [-0.25, -0.2) is 0 Å². The zero-order valence-corrected chi connectivity index (χ0v) is 13.5. The molecule has 0 aromatic heterocycles. The highest BCUT2D eigenvalue weighted by Gasteiger charge is 2.20. The van der Waals surface area contributed by atoms with Crippen LogP contribution in [0.25, 0.3) is 0 Å². The van der Waals surface area contributed by atoms with Gasteiger partial charge in [-0.15, -0.1) is 0 Å². The Morgan fingerprint density at radius 2 is 2.09 bits per heavy atom. The molecule has 1 heterocycles. The van der Waals surface area contributed by atoms with Gasteiger partial charge in [0, 0.05) is 24.3 Å². The van der Waals surface area contributed by atoms with Gasteiger partial charge in [-0.2, -0.15) is 0 Å². The van der Waals surface area contributed by atoms with Crippen LogP contribution in [0.2, 0.25) is 0 Å². The number of benzene rings is 1. The third-order valence-corrected chi connectivity index (χ3v) is 3.95. The van der Waals surface area contributed by atoms with Gasteiger partial charge >= 0.3 is 0 Å². The topological polar surface area (TPSA) is 62.8 Å². The fourth-order valence-electron chi connectivity index (χ4n) is 2.75. The predicted octanol–water partition coefficient (Wildman–Crippen LogP) is 1.33. The smallest absolute Gasteiger partial charge is 0.238 e. The molecule has 2 N–H and O–H groups in total. The normalized spacial score (nSPS) is 18.8. The third-order valence-electron chi connectivity index (χ3n) is 3.95. The Hall–Kier alpha value is -1.79. The number of ether oxygens (including phenoxy) is 2. The van der Waals surface area contributed by atoms with Gasteiger partial charge in [-0.05, 0) is 38.6 Å². The van der Waals surface area contributed by atoms with Crippen molar-refractivity contribution >= 4 is 11.6 Å². The summed E-state index contributed by atoms with van der Waals surface area (Å²) in [5.41, 5.74) is 0.713. The lowest BCUT2D eigenvalue weighted by Crippen LogP contribution is -2.46. The van der Waals surface area contributed by atoms with Gasteiger partial charge in [0.1, 0.15) is 0 Å². The van der Waals surface area contributed by atoms with Gasteiger partial charge in [-0.3, -0.25) is 9.69 Å². The molecule has 2 rings (SSSR count). The van der Waals surface area contributed by atoms with Crippen LogP contribution in [0.1, 0.15) is 12.8 Å². The molecule has 6 heteroatoms. The molecule has 1 aliphatic heterocycles. The fraction of sp³-hybridized carbons (Fsp3) is 0.562. The number of methoxy groups -OCH3 is 2. The van der Waals surface area contributed by atoms with Gasteiger partial charge in [0.25, 0.3) is 0 Å². The lowest BCUT2D eigenvalue weighted by Gasteiger charge is -2.31. The van der Waals surface area contributed by atoms with Crippen LogP contribution in [0, 0.1) is 0 Å². The third kappa shape index (κ3) is 4.35. The van der Waals surface area contributed by atoms with Crippen LogP contribution < -0.4 is 20.1 Å². The molecular weight excluding hydrogens is 282 g/mol. The van der Waals surface area contributed by atoms with E-state index >= 15 is 0 Å². The summed E-state index contributed by atoms with van der Waals surface area (Å²) in [6.07, 6.45) is 2.29. The van der Waals surface area contributed by atoms with Crippen LogP contribution in [0.3, 0.4) is 0 Å². The second kappa shape index (κ2) is 8.00. The summed E-state index contributed by atoms with van der Waals surface area (Å²) in [7, 11) is 5.14.